The Balaban J connectivity index is 0.00000118. The van der Waals surface area contributed by atoms with Gasteiger partial charge in [0, 0.05) is 18.1 Å². The maximum absolute atomic E-state index is 13.9. The topological polar surface area (TPSA) is 0 Å². The summed E-state index contributed by atoms with van der Waals surface area (Å²) in [5.74, 6) is -44.0. The maximum atomic E-state index is 13.9. The lowest BCUT2D eigenvalue weighted by Crippen LogP contribution is -2.51. The van der Waals surface area contributed by atoms with Gasteiger partial charge in [-0.3, -0.25) is 0 Å². The third kappa shape index (κ3) is 22.3. The molecule has 2 aromatic carbocycles. The fraction of sp³-hybridized carbons (Fsp3) is 0.778. The maximum Gasteiger partial charge on any atom is 0.458 e. The average Bonchev–Trinajstić information content (AvgIpc) is 3.35. The van der Waals surface area contributed by atoms with Gasteiger partial charge in [0.05, 0.1) is 25.9 Å². The number of alkyl halides is 14. The minimum atomic E-state index is -7.10. The molecular formula is C54H80BF22P. The van der Waals surface area contributed by atoms with Crippen LogP contribution in [-0.2, 0) is 12.1 Å². The highest BCUT2D eigenvalue weighted by molar-refractivity contribution is 7.39. The number of benzene rings is 2. The van der Waals surface area contributed by atoms with Gasteiger partial charge < -0.3 is 0 Å². The van der Waals surface area contributed by atoms with Crippen molar-refractivity contribution in [3.8, 4) is 11.1 Å². The zero-order valence-electron chi connectivity index (χ0n) is 45.7. The van der Waals surface area contributed by atoms with Crippen molar-refractivity contribution in [3.05, 3.63) is 57.7 Å². The third-order valence-electron chi connectivity index (χ3n) is 14.1. The summed E-state index contributed by atoms with van der Waals surface area (Å²) < 4.78 is 293. The van der Waals surface area contributed by atoms with Crippen LogP contribution in [0.4, 0.5) is 96.6 Å². The summed E-state index contributed by atoms with van der Waals surface area (Å²) in [5, 5.41) is 0. The van der Waals surface area contributed by atoms with Gasteiger partial charge in [-0.15, -0.1) is 0 Å². The number of rotatable bonds is 35. The Morgan fingerprint density at radius 3 is 0.936 bits per heavy atom. The normalized spacial score (nSPS) is 13.1. The van der Waals surface area contributed by atoms with Crippen LogP contribution in [0.3, 0.4) is 0 Å². The number of unbranched alkanes of at least 4 members (excludes halogenated alkanes) is 19. The van der Waals surface area contributed by atoms with Crippen molar-refractivity contribution in [2.24, 2.45) is 0 Å². The first-order valence-electron chi connectivity index (χ1n) is 27.6. The van der Waals surface area contributed by atoms with E-state index in [2.05, 4.69) is 27.7 Å². The van der Waals surface area contributed by atoms with Crippen molar-refractivity contribution < 1.29 is 96.6 Å². The lowest BCUT2D eigenvalue weighted by Gasteiger charge is -2.41. The Kier molecular flexibility index (Phi) is 34.2. The summed E-state index contributed by atoms with van der Waals surface area (Å²) in [5.41, 5.74) is -18.8. The molecule has 0 heterocycles. The second-order valence-corrected chi connectivity index (χ2v) is 22.4. The van der Waals surface area contributed by atoms with Crippen LogP contribution < -0.4 is 0 Å². The van der Waals surface area contributed by atoms with Crippen LogP contribution in [0.25, 0.3) is 11.1 Å². The molecule has 0 fully saturated rings. The molecule has 0 amide bonds. The smallest absolute Gasteiger partial charge is 0.203 e. The molecule has 458 valence electrons. The van der Waals surface area contributed by atoms with Crippen LogP contribution in [0.15, 0.2) is 0 Å². The van der Waals surface area contributed by atoms with Crippen molar-refractivity contribution >= 4 is 14.7 Å². The van der Waals surface area contributed by atoms with Crippen LogP contribution in [0.1, 0.15) is 213 Å². The molecule has 1 atom stereocenters. The van der Waals surface area contributed by atoms with Crippen LogP contribution in [0.2, 0.25) is 25.3 Å². The first-order valence-corrected chi connectivity index (χ1v) is 29.0. The highest BCUT2D eigenvalue weighted by Gasteiger charge is 2.74. The Morgan fingerprint density at radius 1 is 0.333 bits per heavy atom. The van der Waals surface area contributed by atoms with E-state index in [0.29, 0.717) is 12.8 Å². The molecule has 0 radical (unpaired) electrons. The predicted octanol–water partition coefficient (Wildman–Crippen LogP) is 23.7. The number of halogens is 22. The lowest BCUT2D eigenvalue weighted by atomic mass is 9.17. The third-order valence-corrected chi connectivity index (χ3v) is 15.4. The van der Waals surface area contributed by atoms with Gasteiger partial charge in [-0.25, -0.2) is 35.1 Å². The zero-order valence-corrected chi connectivity index (χ0v) is 46.8. The SMILES string of the molecule is CCCCCCC(F)(F)C(F)(F)C(F)(F)[PH2+]CC.CCCCCCC[B-](CCCCCCC)(CCCCCCC)CCCCCCC.Fc1c(F)c(F)c(-c2c(C(F)(F)F)c(F)c(F)c(F)c2C(F)(F)C(F)(F)F)c(F)c1F. The van der Waals surface area contributed by atoms with E-state index < -0.39 is 120 Å². The van der Waals surface area contributed by atoms with Gasteiger partial charge in [-0.2, -0.15) is 86.7 Å². The summed E-state index contributed by atoms with van der Waals surface area (Å²) in [6.45, 7) is 12.5. The summed E-state index contributed by atoms with van der Waals surface area (Å²) in [6.07, 6.45) is 22.2. The molecule has 2 rings (SSSR count). The van der Waals surface area contributed by atoms with Crippen LogP contribution in [0.5, 0.6) is 0 Å². The van der Waals surface area contributed by atoms with Crippen molar-refractivity contribution in [2.45, 2.75) is 263 Å². The van der Waals surface area contributed by atoms with Crippen LogP contribution in [0, 0.1) is 46.5 Å². The predicted molar refractivity (Wildman–Crippen MR) is 270 cm³/mol. The van der Waals surface area contributed by atoms with E-state index >= 15 is 0 Å². The fourth-order valence-corrected chi connectivity index (χ4v) is 10.6. The van der Waals surface area contributed by atoms with E-state index in [1.54, 1.807) is 25.3 Å². The number of hydrogen-bond donors (Lipinski definition) is 0. The average molecular weight is 1190 g/mol. The molecule has 0 saturated heterocycles. The summed E-state index contributed by atoms with van der Waals surface area (Å²) in [7, 11) is -2.01. The van der Waals surface area contributed by atoms with Gasteiger partial charge >= 0.3 is 35.8 Å². The highest BCUT2D eigenvalue weighted by atomic mass is 31.1. The van der Waals surface area contributed by atoms with Crippen molar-refractivity contribution in [3.63, 3.8) is 0 Å². The monoisotopic (exact) mass is 1190 g/mol. The Bertz CT molecular complexity index is 1910. The molecule has 0 saturated carbocycles. The summed E-state index contributed by atoms with van der Waals surface area (Å²) in [6, 6.07) is 0. The molecule has 0 aromatic heterocycles. The van der Waals surface area contributed by atoms with Gasteiger partial charge in [0.2, 0.25) is 5.82 Å². The molecule has 0 nitrogen and oxygen atoms in total. The molecule has 0 N–H and O–H groups in total. The van der Waals surface area contributed by atoms with Gasteiger partial charge in [0.25, 0.3) is 0 Å². The van der Waals surface area contributed by atoms with Gasteiger partial charge in [0.15, 0.2) is 40.7 Å². The largest absolute Gasteiger partial charge is 0.458 e. The second-order valence-electron chi connectivity index (χ2n) is 20.5. The molecular weight excluding hydrogens is 1110 g/mol. The quantitative estimate of drug-likeness (QED) is 0.0161. The minimum absolute atomic E-state index is 0.0861. The summed E-state index contributed by atoms with van der Waals surface area (Å²) >= 11 is 0. The van der Waals surface area contributed by atoms with Gasteiger partial charge in [0.1, 0.15) is 5.56 Å². The van der Waals surface area contributed by atoms with E-state index in [4.69, 9.17) is 0 Å². The van der Waals surface area contributed by atoms with Crippen molar-refractivity contribution in [1.82, 2.24) is 0 Å². The van der Waals surface area contributed by atoms with Crippen molar-refractivity contribution in [1.29, 1.82) is 0 Å². The number of hydrogen-bond acceptors (Lipinski definition) is 0. The standard InChI is InChI=1S/C28H60B.C15F16.C11H19F6P/c1-5-9-13-17-21-25-29(26-22-18-14-10-6-2,27-23-19-15-11-7-3)28-24-20-16-12-8-4;16-5-2(6(17)10(21)12(23)9(5)20)1-3(13(24,25)15(29,30)31)7(18)11(22)8(19)4(1)14(26,27)28;1-3-5-6-7-8-9(12,13)10(14,15)11(16,17)18-4-2/h5-28H2,1-4H3;;18H,3-8H2,1-2H3/q-1;;/p+1. The molecule has 1 unspecified atom stereocenters. The molecule has 24 heteroatoms. The van der Waals surface area contributed by atoms with Gasteiger partial charge in [-0.05, 0) is 13.3 Å². The molecule has 0 aliphatic heterocycles. The Hall–Kier alpha value is -2.61. The first kappa shape index (κ1) is 75.4. The van der Waals surface area contributed by atoms with E-state index in [9.17, 15) is 96.6 Å². The van der Waals surface area contributed by atoms with Gasteiger partial charge in [-0.1, -0.05) is 182 Å². The molecule has 0 bridgehead atoms. The zero-order chi connectivity index (χ0) is 60.3. The Labute approximate surface area is 448 Å². The van der Waals surface area contributed by atoms with Crippen LogP contribution in [-0.4, -0.2) is 36.0 Å². The molecule has 0 aliphatic rings. The summed E-state index contributed by atoms with van der Waals surface area (Å²) in [4.78, 5) is 0. The van der Waals surface area contributed by atoms with E-state index in [0.717, 1.165) is 6.42 Å². The van der Waals surface area contributed by atoms with E-state index in [1.165, 1.54) is 135 Å². The highest BCUT2D eigenvalue weighted by Crippen LogP contribution is 2.56. The molecule has 0 aliphatic carbocycles. The van der Waals surface area contributed by atoms with E-state index in [-0.39, 0.29) is 18.7 Å². The lowest BCUT2D eigenvalue weighted by molar-refractivity contribution is -0.290. The van der Waals surface area contributed by atoms with E-state index in [1.807, 2.05) is 6.92 Å². The second kappa shape index (κ2) is 35.4. The van der Waals surface area contributed by atoms with Crippen molar-refractivity contribution in [2.75, 3.05) is 6.16 Å². The molecule has 2 aromatic rings. The first-order chi connectivity index (χ1) is 36.1. The molecule has 0 spiro atoms. The van der Waals surface area contributed by atoms with Crippen LogP contribution >= 0.6 is 8.58 Å². The minimum Gasteiger partial charge on any atom is -0.203 e. The fourth-order valence-electron chi connectivity index (χ4n) is 9.59. The Morgan fingerprint density at radius 2 is 0.628 bits per heavy atom. The molecule has 78 heavy (non-hydrogen) atoms.